The number of carbonyl (C=O) groups excluding carboxylic acids is 2. The first kappa shape index (κ1) is 30.3. The fraction of sp³-hybridized carbons (Fsp3) is 0.448. The number of aryl methyl sites for hydroxylation is 1. The lowest BCUT2D eigenvalue weighted by Crippen LogP contribution is -2.54. The lowest BCUT2D eigenvalue weighted by atomic mass is 9.83. The van der Waals surface area contributed by atoms with Crippen LogP contribution in [0.5, 0.6) is 0 Å². The number of piperazine rings is 1. The summed E-state index contributed by atoms with van der Waals surface area (Å²) < 4.78 is 85.5. The third kappa shape index (κ3) is 5.60. The van der Waals surface area contributed by atoms with Gasteiger partial charge in [0.15, 0.2) is 0 Å². The molecule has 2 aliphatic heterocycles. The van der Waals surface area contributed by atoms with Crippen molar-refractivity contribution in [3.8, 4) is 0 Å². The topological polar surface area (TPSA) is 53.1 Å². The highest BCUT2D eigenvalue weighted by atomic mass is 19.4. The van der Waals surface area contributed by atoms with E-state index in [0.29, 0.717) is 18.0 Å². The Morgan fingerprint density at radius 2 is 1.66 bits per heavy atom. The average Bonchev–Trinajstić information content (AvgIpc) is 3.17. The van der Waals surface area contributed by atoms with Crippen LogP contribution in [0.15, 0.2) is 54.9 Å². The Kier molecular flexibility index (Phi) is 7.83. The molecule has 3 atom stereocenters. The van der Waals surface area contributed by atoms with E-state index >= 15 is 0 Å². The van der Waals surface area contributed by atoms with Gasteiger partial charge < -0.3 is 19.4 Å². The third-order valence-electron chi connectivity index (χ3n) is 8.02. The Morgan fingerprint density at radius 1 is 1.07 bits per heavy atom. The number of methoxy groups -OCH3 is 1. The number of amides is 1. The van der Waals surface area contributed by atoms with Gasteiger partial charge in [0.1, 0.15) is 5.41 Å². The van der Waals surface area contributed by atoms with Crippen molar-refractivity contribution in [1.82, 2.24) is 14.7 Å². The molecule has 0 aromatic heterocycles. The van der Waals surface area contributed by atoms with E-state index in [1.165, 1.54) is 19.1 Å². The highest BCUT2D eigenvalue weighted by molar-refractivity contribution is 6.04. The van der Waals surface area contributed by atoms with Crippen molar-refractivity contribution in [3.05, 3.63) is 82.7 Å². The van der Waals surface area contributed by atoms with Gasteiger partial charge in [-0.3, -0.25) is 9.59 Å². The molecule has 0 radical (unpaired) electrons. The van der Waals surface area contributed by atoms with Crippen LogP contribution in [0.1, 0.15) is 47.2 Å². The molecule has 3 unspecified atom stereocenters. The summed E-state index contributed by atoms with van der Waals surface area (Å²) in [6.45, 7) is 7.84. The normalized spacial score (nSPS) is 22.9. The zero-order valence-corrected chi connectivity index (χ0v) is 23.1. The Morgan fingerprint density at radius 3 is 2.20 bits per heavy atom. The van der Waals surface area contributed by atoms with Crippen LogP contribution in [0.25, 0.3) is 0 Å². The molecule has 0 bridgehead atoms. The summed E-state index contributed by atoms with van der Waals surface area (Å²) in [7, 11) is 2.76. The smallest absolute Gasteiger partial charge is 0.416 e. The fourth-order valence-corrected chi connectivity index (χ4v) is 5.87. The number of carbonyl (C=O) groups is 2. The maximum absolute atomic E-state index is 13.4. The fourth-order valence-electron chi connectivity index (χ4n) is 5.87. The van der Waals surface area contributed by atoms with Crippen molar-refractivity contribution in [2.75, 3.05) is 27.2 Å². The van der Waals surface area contributed by atoms with E-state index in [4.69, 9.17) is 4.74 Å². The molecular weight excluding hydrogens is 552 g/mol. The molecule has 12 heteroatoms. The lowest BCUT2D eigenvalue weighted by Gasteiger charge is -2.48. The maximum Gasteiger partial charge on any atom is 0.416 e. The van der Waals surface area contributed by atoms with Crippen LogP contribution < -0.4 is 0 Å². The van der Waals surface area contributed by atoms with E-state index in [2.05, 4.69) is 6.58 Å². The predicted molar refractivity (Wildman–Crippen MR) is 138 cm³/mol. The molecule has 222 valence electrons. The summed E-state index contributed by atoms with van der Waals surface area (Å²) in [5.41, 5.74) is -2.59. The van der Waals surface area contributed by atoms with E-state index in [1.54, 1.807) is 11.8 Å². The van der Waals surface area contributed by atoms with Crippen molar-refractivity contribution in [3.63, 3.8) is 0 Å². The largest absolute Gasteiger partial charge is 0.468 e. The van der Waals surface area contributed by atoms with Crippen molar-refractivity contribution in [2.24, 2.45) is 5.41 Å². The first-order chi connectivity index (χ1) is 19.0. The van der Waals surface area contributed by atoms with Crippen LogP contribution in [0.3, 0.4) is 0 Å². The average molecular weight is 584 g/mol. The molecule has 2 saturated heterocycles. The number of benzene rings is 2. The summed E-state index contributed by atoms with van der Waals surface area (Å²) >= 11 is 0. The van der Waals surface area contributed by atoms with Crippen molar-refractivity contribution >= 4 is 11.9 Å². The molecule has 41 heavy (non-hydrogen) atoms. The van der Waals surface area contributed by atoms with Crippen LogP contribution >= 0.6 is 0 Å². The van der Waals surface area contributed by atoms with Gasteiger partial charge >= 0.3 is 18.3 Å². The first-order valence-electron chi connectivity index (χ1n) is 12.9. The molecule has 2 aliphatic rings. The number of fused-ring (bicyclic) bond motifs is 1. The number of nitrogens with zero attached hydrogens (tertiary/aromatic N) is 3. The summed E-state index contributed by atoms with van der Waals surface area (Å²) in [6, 6.07) is 8.04. The van der Waals surface area contributed by atoms with Gasteiger partial charge in [0, 0.05) is 26.7 Å². The summed E-state index contributed by atoms with van der Waals surface area (Å²) in [6.07, 6.45) is -9.76. The van der Waals surface area contributed by atoms with Crippen LogP contribution in [0.4, 0.5) is 26.3 Å². The van der Waals surface area contributed by atoms with Crippen LogP contribution in [-0.2, 0) is 33.2 Å². The number of hydrogen-bond donors (Lipinski definition) is 0. The standard InChI is InChI=1S/C29H31F6N3O3/c1-17-8-6-7-9-22(17)24-23-15-27(3,26(40)41-5)25(39)38(23)11-10-37(24)18(2)36(4)16-19-12-20(28(30,31)32)14-21(13-19)29(33,34)35/h6-9,12-14,23-24H,2,10-11,15-16H2,1,3-5H3. The van der Waals surface area contributed by atoms with Gasteiger partial charge in [0.2, 0.25) is 5.91 Å². The van der Waals surface area contributed by atoms with Gasteiger partial charge in [-0.15, -0.1) is 0 Å². The minimum absolute atomic E-state index is 0.0984. The molecule has 0 N–H and O–H groups in total. The number of esters is 1. The molecule has 0 spiro atoms. The predicted octanol–water partition coefficient (Wildman–Crippen LogP) is 5.77. The van der Waals surface area contributed by atoms with E-state index in [1.807, 2.05) is 36.1 Å². The highest BCUT2D eigenvalue weighted by Gasteiger charge is 2.58. The number of rotatable bonds is 6. The first-order valence-corrected chi connectivity index (χ1v) is 12.9. The molecule has 4 rings (SSSR count). The van der Waals surface area contributed by atoms with Crippen LogP contribution in [-0.4, -0.2) is 59.9 Å². The van der Waals surface area contributed by atoms with E-state index in [-0.39, 0.29) is 43.6 Å². The van der Waals surface area contributed by atoms with Gasteiger partial charge in [0.05, 0.1) is 36.1 Å². The summed E-state index contributed by atoms with van der Waals surface area (Å²) in [5.74, 6) is -0.647. The lowest BCUT2D eigenvalue weighted by molar-refractivity contribution is -0.158. The minimum atomic E-state index is -4.96. The molecule has 0 saturated carbocycles. The minimum Gasteiger partial charge on any atom is -0.468 e. The molecule has 2 aromatic carbocycles. The number of hydrogen-bond acceptors (Lipinski definition) is 5. The number of ether oxygens (including phenoxy) is 1. The molecular formula is C29H31F6N3O3. The second-order valence-electron chi connectivity index (χ2n) is 10.8. The monoisotopic (exact) mass is 583 g/mol. The van der Waals surface area contributed by atoms with Gasteiger partial charge in [0.25, 0.3) is 0 Å². The second-order valence-corrected chi connectivity index (χ2v) is 10.8. The zero-order chi connectivity index (χ0) is 30.5. The van der Waals surface area contributed by atoms with E-state index in [9.17, 15) is 35.9 Å². The van der Waals surface area contributed by atoms with E-state index < -0.39 is 46.9 Å². The molecule has 1 amide bonds. The van der Waals surface area contributed by atoms with Crippen LogP contribution in [0.2, 0.25) is 0 Å². The Balaban J connectivity index is 1.70. The summed E-state index contributed by atoms with van der Waals surface area (Å²) in [5, 5.41) is 0. The SMILES string of the molecule is C=C(N(C)Cc1cc(C(F)(F)F)cc(C(F)(F)F)c1)N1CCN2C(=O)C(C)(C(=O)OC)CC2C1c1ccccc1C. The Hall–Kier alpha value is -3.70. The number of halogens is 6. The van der Waals surface area contributed by atoms with Gasteiger partial charge in [-0.2, -0.15) is 26.3 Å². The van der Waals surface area contributed by atoms with Gasteiger partial charge in [-0.05, 0) is 55.2 Å². The van der Waals surface area contributed by atoms with Gasteiger partial charge in [-0.25, -0.2) is 0 Å². The van der Waals surface area contributed by atoms with Crippen molar-refractivity contribution in [2.45, 2.75) is 51.2 Å². The molecule has 0 aliphatic carbocycles. The molecule has 2 fully saturated rings. The third-order valence-corrected chi connectivity index (χ3v) is 8.02. The maximum atomic E-state index is 13.4. The Bertz CT molecular complexity index is 1330. The van der Waals surface area contributed by atoms with Crippen molar-refractivity contribution in [1.29, 1.82) is 0 Å². The second kappa shape index (κ2) is 10.6. The van der Waals surface area contributed by atoms with Gasteiger partial charge in [-0.1, -0.05) is 30.8 Å². The number of alkyl halides is 6. The summed E-state index contributed by atoms with van der Waals surface area (Å²) in [4.78, 5) is 31.1. The quantitative estimate of drug-likeness (QED) is 0.246. The highest BCUT2D eigenvalue weighted by Crippen LogP contribution is 2.47. The zero-order valence-electron chi connectivity index (χ0n) is 23.1. The Labute approximate surface area is 234 Å². The molecule has 6 nitrogen and oxygen atoms in total. The van der Waals surface area contributed by atoms with Crippen LogP contribution in [0, 0.1) is 12.3 Å². The molecule has 2 heterocycles. The van der Waals surface area contributed by atoms with E-state index in [0.717, 1.165) is 11.1 Å². The van der Waals surface area contributed by atoms with Crippen molar-refractivity contribution < 1.29 is 40.7 Å². The molecule has 2 aromatic rings.